The van der Waals surface area contributed by atoms with Crippen LogP contribution < -0.4 is 5.32 Å². The Labute approximate surface area is 173 Å². The third-order valence-electron chi connectivity index (χ3n) is 4.69. The quantitative estimate of drug-likeness (QED) is 0.523. The highest BCUT2D eigenvalue weighted by atomic mass is 32.1. The van der Waals surface area contributed by atoms with E-state index < -0.39 is 0 Å². The van der Waals surface area contributed by atoms with Crippen molar-refractivity contribution < 1.29 is 4.79 Å². The van der Waals surface area contributed by atoms with Crippen LogP contribution in [0.1, 0.15) is 16.0 Å². The molecule has 1 amide bonds. The second-order valence-electron chi connectivity index (χ2n) is 7.12. The summed E-state index contributed by atoms with van der Waals surface area (Å²) in [5.41, 5.74) is 2.80. The van der Waals surface area contributed by atoms with Crippen molar-refractivity contribution in [1.82, 2.24) is 19.8 Å². The zero-order valence-corrected chi connectivity index (χ0v) is 17.2. The number of benzene rings is 1. The number of thiophene rings is 1. The first-order valence-corrected chi connectivity index (χ1v) is 10.1. The zero-order chi connectivity index (χ0) is 20.4. The second kappa shape index (κ2) is 8.03. The van der Waals surface area contributed by atoms with Crippen LogP contribution in [0.25, 0.3) is 10.2 Å². The highest BCUT2D eigenvalue weighted by Crippen LogP contribution is 2.40. The lowest BCUT2D eigenvalue weighted by Gasteiger charge is -2.14. The molecule has 1 aliphatic heterocycles. The molecule has 3 heterocycles. The molecular weight excluding hydrogens is 382 g/mol. The molecule has 0 spiro atoms. The minimum Gasteiger partial charge on any atom is -0.340 e. The third kappa shape index (κ3) is 3.99. The van der Waals surface area contributed by atoms with Gasteiger partial charge in [-0.25, -0.2) is 9.97 Å². The molecule has 0 atom stereocenters. The van der Waals surface area contributed by atoms with E-state index in [0.29, 0.717) is 13.1 Å². The molecule has 0 saturated carbocycles. The number of hydrogen-bond donors (Lipinski definition) is 1. The molecule has 2 aromatic heterocycles. The van der Waals surface area contributed by atoms with Crippen molar-refractivity contribution in [3.05, 3.63) is 58.7 Å². The first kappa shape index (κ1) is 19.1. The summed E-state index contributed by atoms with van der Waals surface area (Å²) in [6.45, 7) is 1.91. The number of amides is 1. The van der Waals surface area contributed by atoms with Gasteiger partial charge < -0.3 is 15.1 Å². The Hall–Kier alpha value is -3.21. The van der Waals surface area contributed by atoms with Crippen molar-refractivity contribution in [1.29, 1.82) is 0 Å². The fourth-order valence-corrected chi connectivity index (χ4v) is 4.46. The smallest absolute Gasteiger partial charge is 0.246 e. The second-order valence-corrected chi connectivity index (χ2v) is 8.20. The average Bonchev–Trinajstić information content (AvgIpc) is 3.26. The van der Waals surface area contributed by atoms with Gasteiger partial charge in [-0.2, -0.15) is 0 Å². The first-order valence-electron chi connectivity index (χ1n) is 9.24. The van der Waals surface area contributed by atoms with E-state index in [2.05, 4.69) is 21.2 Å². The van der Waals surface area contributed by atoms with E-state index in [4.69, 9.17) is 6.42 Å². The Morgan fingerprint density at radius 3 is 3.03 bits per heavy atom. The number of rotatable bonds is 5. The highest BCUT2D eigenvalue weighted by Gasteiger charge is 2.28. The van der Waals surface area contributed by atoms with Crippen LogP contribution in [0.3, 0.4) is 0 Å². The maximum absolute atomic E-state index is 12.5. The van der Waals surface area contributed by atoms with Gasteiger partial charge in [0.1, 0.15) is 17.0 Å². The normalized spacial score (nSPS) is 13.2. The van der Waals surface area contributed by atoms with Crippen LogP contribution in [0.15, 0.2) is 42.7 Å². The van der Waals surface area contributed by atoms with E-state index in [1.54, 1.807) is 23.7 Å². The number of nitrogens with one attached hydrogen (secondary N) is 1. The van der Waals surface area contributed by atoms with Crippen LogP contribution in [0.2, 0.25) is 0 Å². The maximum atomic E-state index is 12.5. The summed E-state index contributed by atoms with van der Waals surface area (Å²) in [5, 5.41) is 4.34. The summed E-state index contributed by atoms with van der Waals surface area (Å²) in [6.07, 6.45) is 10.6. The summed E-state index contributed by atoms with van der Waals surface area (Å²) in [4.78, 5) is 27.4. The summed E-state index contributed by atoms with van der Waals surface area (Å²) in [6, 6.07) is 7.66. The fourth-order valence-electron chi connectivity index (χ4n) is 3.30. The Kier molecular flexibility index (Phi) is 5.30. The minimum atomic E-state index is 0.0245. The van der Waals surface area contributed by atoms with Gasteiger partial charge in [0.25, 0.3) is 0 Å². The zero-order valence-electron chi connectivity index (χ0n) is 16.3. The lowest BCUT2D eigenvalue weighted by Crippen LogP contribution is -2.23. The minimum absolute atomic E-state index is 0.0245. The molecule has 0 bridgehead atoms. The van der Waals surface area contributed by atoms with Crippen molar-refractivity contribution in [3.8, 4) is 12.3 Å². The molecule has 6 nitrogen and oxygen atoms in total. The molecule has 29 heavy (non-hydrogen) atoms. The Morgan fingerprint density at radius 2 is 2.24 bits per heavy atom. The number of anilines is 2. The molecule has 1 aliphatic rings. The van der Waals surface area contributed by atoms with Crippen LogP contribution in [-0.4, -0.2) is 46.3 Å². The summed E-state index contributed by atoms with van der Waals surface area (Å²) in [5.74, 6) is 3.40. The Bertz CT molecular complexity index is 1140. The topological polar surface area (TPSA) is 61.4 Å². The highest BCUT2D eigenvalue weighted by molar-refractivity contribution is 7.19. The summed E-state index contributed by atoms with van der Waals surface area (Å²) in [7, 11) is 3.95. The van der Waals surface area contributed by atoms with Gasteiger partial charge in [0.05, 0.1) is 11.9 Å². The molecule has 0 aliphatic carbocycles. The number of terminal acetylenes is 1. The number of fused-ring (bicyclic) bond motifs is 3. The predicted octanol–water partition coefficient (Wildman–Crippen LogP) is 3.38. The number of hydrogen-bond acceptors (Lipinski definition) is 6. The molecule has 0 unspecified atom stereocenters. The molecular formula is C22H21N5OS. The summed E-state index contributed by atoms with van der Waals surface area (Å²) >= 11 is 1.62. The molecule has 1 N–H and O–H groups in total. The average molecular weight is 404 g/mol. The van der Waals surface area contributed by atoms with Gasteiger partial charge in [0.2, 0.25) is 5.91 Å². The van der Waals surface area contributed by atoms with Crippen molar-refractivity contribution in [2.75, 3.05) is 26.0 Å². The van der Waals surface area contributed by atoms with Crippen LogP contribution in [0, 0.1) is 12.3 Å². The number of nitrogens with zero attached hydrogens (tertiary/aromatic N) is 4. The summed E-state index contributed by atoms with van der Waals surface area (Å²) < 4.78 is 0. The van der Waals surface area contributed by atoms with Gasteiger partial charge in [-0.3, -0.25) is 4.79 Å². The van der Waals surface area contributed by atoms with Crippen LogP contribution in [0.5, 0.6) is 0 Å². The molecule has 0 radical (unpaired) electrons. The first-order chi connectivity index (χ1) is 14.0. The van der Waals surface area contributed by atoms with Crippen LogP contribution in [-0.2, 0) is 17.9 Å². The van der Waals surface area contributed by atoms with Gasteiger partial charge in [-0.15, -0.1) is 17.8 Å². The number of carbonyl (C=O) groups excluding carboxylic acids is 1. The number of carbonyl (C=O) groups is 1. The SMILES string of the molecule is C#Cc1cccc(Nc2ncnc3sc4c(c23)CN(C(=O)C=CCN(C)C)C4)c1. The van der Waals surface area contributed by atoms with Crippen LogP contribution in [0.4, 0.5) is 11.5 Å². The molecule has 0 saturated heterocycles. The van der Waals surface area contributed by atoms with Gasteiger partial charge in [-0.1, -0.05) is 18.1 Å². The lowest BCUT2D eigenvalue weighted by molar-refractivity contribution is -0.126. The fraction of sp³-hybridized carbons (Fsp3) is 0.227. The largest absolute Gasteiger partial charge is 0.340 e. The molecule has 1 aromatic carbocycles. The monoisotopic (exact) mass is 403 g/mol. The van der Waals surface area contributed by atoms with Crippen LogP contribution >= 0.6 is 11.3 Å². The van der Waals surface area contributed by atoms with E-state index in [-0.39, 0.29) is 5.91 Å². The third-order valence-corrected chi connectivity index (χ3v) is 5.81. The van der Waals surface area contributed by atoms with E-state index >= 15 is 0 Å². The molecule has 4 rings (SSSR count). The van der Waals surface area contributed by atoms with Gasteiger partial charge in [0, 0.05) is 40.9 Å². The van der Waals surface area contributed by atoms with Crippen molar-refractivity contribution in [2.24, 2.45) is 0 Å². The predicted molar refractivity (Wildman–Crippen MR) is 117 cm³/mol. The van der Waals surface area contributed by atoms with E-state index in [1.165, 1.54) is 0 Å². The Balaban J connectivity index is 1.60. The molecule has 7 heteroatoms. The van der Waals surface area contributed by atoms with Gasteiger partial charge in [0.15, 0.2) is 0 Å². The Morgan fingerprint density at radius 1 is 1.38 bits per heavy atom. The standard InChI is InChI=1S/C22H21N5OS/c1-4-15-7-5-8-16(11-15)25-21-20-17-12-27(19(28)9-6-10-26(2)3)13-18(17)29-22(20)24-14-23-21/h1,5-9,11,14H,10,12-13H2,2-3H3,(H,23,24,25). The van der Waals surface area contributed by atoms with Crippen molar-refractivity contribution in [3.63, 3.8) is 0 Å². The number of likely N-dealkylation sites (N-methyl/N-ethyl adjacent to an activating group) is 1. The molecule has 0 fully saturated rings. The van der Waals surface area contributed by atoms with Gasteiger partial charge >= 0.3 is 0 Å². The van der Waals surface area contributed by atoms with Crippen molar-refractivity contribution >= 4 is 39.0 Å². The maximum Gasteiger partial charge on any atom is 0.246 e. The lowest BCUT2D eigenvalue weighted by atomic mass is 10.2. The van der Waals surface area contributed by atoms with Crippen molar-refractivity contribution in [2.45, 2.75) is 13.1 Å². The molecule has 3 aromatic rings. The van der Waals surface area contributed by atoms with E-state index in [0.717, 1.165) is 44.3 Å². The van der Waals surface area contributed by atoms with E-state index in [1.807, 2.05) is 54.2 Å². The van der Waals surface area contributed by atoms with Gasteiger partial charge in [-0.05, 0) is 32.3 Å². The van der Waals surface area contributed by atoms with E-state index in [9.17, 15) is 4.79 Å². The number of aromatic nitrogens is 2. The molecule has 146 valence electrons.